The van der Waals surface area contributed by atoms with Crippen molar-refractivity contribution < 1.29 is 0 Å². The Bertz CT molecular complexity index is 525. The molecule has 0 aliphatic heterocycles. The molecule has 3 N–H and O–H groups in total. The number of anilines is 1. The van der Waals surface area contributed by atoms with Crippen LogP contribution < -0.4 is 11.1 Å². The zero-order chi connectivity index (χ0) is 13.7. The minimum Gasteiger partial charge on any atom is -0.398 e. The SMILES string of the molecule is CCSc1ccc(C(NC)c2cnccc2N)cc1. The Balaban J connectivity index is 2.29. The highest BCUT2D eigenvalue weighted by Crippen LogP contribution is 2.27. The molecule has 19 heavy (non-hydrogen) atoms. The van der Waals surface area contributed by atoms with Gasteiger partial charge >= 0.3 is 0 Å². The Hall–Kier alpha value is -1.52. The molecule has 0 fully saturated rings. The Morgan fingerprint density at radius 1 is 1.26 bits per heavy atom. The van der Waals surface area contributed by atoms with E-state index in [2.05, 4.69) is 41.5 Å². The number of nitrogen functional groups attached to an aromatic ring is 1. The van der Waals surface area contributed by atoms with Crippen molar-refractivity contribution in [1.29, 1.82) is 0 Å². The second-order valence-electron chi connectivity index (χ2n) is 4.23. The lowest BCUT2D eigenvalue weighted by Gasteiger charge is -2.18. The Morgan fingerprint density at radius 3 is 2.58 bits per heavy atom. The van der Waals surface area contributed by atoms with Gasteiger partial charge in [-0.1, -0.05) is 19.1 Å². The summed E-state index contributed by atoms with van der Waals surface area (Å²) in [7, 11) is 1.94. The fourth-order valence-electron chi connectivity index (χ4n) is 2.08. The molecule has 3 nitrogen and oxygen atoms in total. The van der Waals surface area contributed by atoms with E-state index in [-0.39, 0.29) is 6.04 Å². The molecular formula is C15H19N3S. The summed E-state index contributed by atoms with van der Waals surface area (Å²) < 4.78 is 0. The molecule has 1 aromatic carbocycles. The van der Waals surface area contributed by atoms with E-state index < -0.39 is 0 Å². The van der Waals surface area contributed by atoms with Gasteiger partial charge in [-0.25, -0.2) is 0 Å². The molecule has 1 unspecified atom stereocenters. The van der Waals surface area contributed by atoms with Gasteiger partial charge in [0.15, 0.2) is 0 Å². The molecule has 4 heteroatoms. The van der Waals surface area contributed by atoms with E-state index in [9.17, 15) is 0 Å². The maximum Gasteiger partial charge on any atom is 0.0610 e. The molecular weight excluding hydrogens is 254 g/mol. The maximum absolute atomic E-state index is 6.03. The van der Waals surface area contributed by atoms with Gasteiger partial charge in [0.25, 0.3) is 0 Å². The van der Waals surface area contributed by atoms with E-state index in [4.69, 9.17) is 5.73 Å². The van der Waals surface area contributed by atoms with Gasteiger partial charge in [0.2, 0.25) is 0 Å². The van der Waals surface area contributed by atoms with E-state index in [0.717, 1.165) is 17.0 Å². The van der Waals surface area contributed by atoms with E-state index in [1.807, 2.05) is 31.1 Å². The van der Waals surface area contributed by atoms with Crippen molar-refractivity contribution in [2.75, 3.05) is 18.5 Å². The fourth-order valence-corrected chi connectivity index (χ4v) is 2.75. The van der Waals surface area contributed by atoms with E-state index in [1.165, 1.54) is 10.5 Å². The van der Waals surface area contributed by atoms with Crippen molar-refractivity contribution >= 4 is 17.4 Å². The lowest BCUT2D eigenvalue weighted by molar-refractivity contribution is 0.690. The minimum atomic E-state index is 0.0781. The van der Waals surface area contributed by atoms with Crippen molar-refractivity contribution in [1.82, 2.24) is 10.3 Å². The number of nitrogens with two attached hydrogens (primary N) is 1. The summed E-state index contributed by atoms with van der Waals surface area (Å²) in [6, 6.07) is 10.5. The Labute approximate surface area is 118 Å². The van der Waals surface area contributed by atoms with Crippen LogP contribution in [0.3, 0.4) is 0 Å². The number of hydrogen-bond acceptors (Lipinski definition) is 4. The summed E-state index contributed by atoms with van der Waals surface area (Å²) in [6.07, 6.45) is 3.54. The van der Waals surface area contributed by atoms with Crippen LogP contribution in [-0.4, -0.2) is 17.8 Å². The lowest BCUT2D eigenvalue weighted by Crippen LogP contribution is -2.19. The standard InChI is InChI=1S/C15H19N3S/c1-3-19-12-6-4-11(5-7-12)15(17-2)13-10-18-9-8-14(13)16/h4-10,15,17H,3H2,1-2H3,(H2,16,18). The Morgan fingerprint density at radius 2 is 2.00 bits per heavy atom. The highest BCUT2D eigenvalue weighted by atomic mass is 32.2. The van der Waals surface area contributed by atoms with Crippen LogP contribution >= 0.6 is 11.8 Å². The second kappa shape index (κ2) is 6.59. The van der Waals surface area contributed by atoms with Crippen LogP contribution in [0.2, 0.25) is 0 Å². The first-order chi connectivity index (χ1) is 9.26. The summed E-state index contributed by atoms with van der Waals surface area (Å²) in [4.78, 5) is 5.45. The first-order valence-electron chi connectivity index (χ1n) is 6.35. The average Bonchev–Trinajstić information content (AvgIpc) is 2.44. The van der Waals surface area contributed by atoms with Gasteiger partial charge in [0, 0.05) is 28.5 Å². The van der Waals surface area contributed by atoms with Gasteiger partial charge in [-0.3, -0.25) is 4.98 Å². The quantitative estimate of drug-likeness (QED) is 0.822. The number of benzene rings is 1. The third-order valence-electron chi connectivity index (χ3n) is 3.01. The summed E-state index contributed by atoms with van der Waals surface area (Å²) in [6.45, 7) is 2.16. The molecule has 1 heterocycles. The Kier molecular flexibility index (Phi) is 4.82. The minimum absolute atomic E-state index is 0.0781. The number of nitrogens with one attached hydrogen (secondary N) is 1. The summed E-state index contributed by atoms with van der Waals surface area (Å²) in [5, 5.41) is 3.30. The van der Waals surface area contributed by atoms with Gasteiger partial charge in [0.05, 0.1) is 6.04 Å². The molecule has 1 atom stereocenters. The second-order valence-corrected chi connectivity index (χ2v) is 5.57. The molecule has 0 amide bonds. The third-order valence-corrected chi connectivity index (χ3v) is 3.91. The monoisotopic (exact) mass is 273 g/mol. The predicted molar refractivity (Wildman–Crippen MR) is 82.4 cm³/mol. The van der Waals surface area contributed by atoms with Crippen molar-refractivity contribution in [3.8, 4) is 0 Å². The van der Waals surface area contributed by atoms with Crippen molar-refractivity contribution in [2.45, 2.75) is 17.9 Å². The fraction of sp³-hybridized carbons (Fsp3) is 0.267. The highest BCUT2D eigenvalue weighted by molar-refractivity contribution is 7.99. The topological polar surface area (TPSA) is 50.9 Å². The largest absolute Gasteiger partial charge is 0.398 e. The van der Waals surface area contributed by atoms with Crippen molar-refractivity contribution in [2.24, 2.45) is 0 Å². The first kappa shape index (κ1) is 13.9. The summed E-state index contributed by atoms with van der Waals surface area (Å²) >= 11 is 1.84. The number of hydrogen-bond donors (Lipinski definition) is 2. The van der Waals surface area contributed by atoms with Crippen LogP contribution in [0.15, 0.2) is 47.6 Å². The molecule has 0 bridgehead atoms. The molecule has 0 saturated heterocycles. The van der Waals surface area contributed by atoms with Crippen molar-refractivity contribution in [3.05, 3.63) is 53.9 Å². The van der Waals surface area contributed by atoms with E-state index in [1.54, 1.807) is 6.20 Å². The van der Waals surface area contributed by atoms with Gasteiger partial charge in [-0.05, 0) is 36.6 Å². The zero-order valence-corrected chi connectivity index (χ0v) is 12.1. The number of thioether (sulfide) groups is 1. The third kappa shape index (κ3) is 3.28. The van der Waals surface area contributed by atoms with Crippen LogP contribution in [0.25, 0.3) is 0 Å². The molecule has 2 rings (SSSR count). The van der Waals surface area contributed by atoms with Gasteiger partial charge < -0.3 is 11.1 Å². The number of aromatic nitrogens is 1. The summed E-state index contributed by atoms with van der Waals surface area (Å²) in [5.74, 6) is 1.09. The predicted octanol–water partition coefficient (Wildman–Crippen LogP) is 3.08. The average molecular weight is 273 g/mol. The molecule has 0 spiro atoms. The van der Waals surface area contributed by atoms with Gasteiger partial charge in [-0.15, -0.1) is 11.8 Å². The smallest absolute Gasteiger partial charge is 0.0610 e. The normalized spacial score (nSPS) is 12.3. The van der Waals surface area contributed by atoms with Crippen molar-refractivity contribution in [3.63, 3.8) is 0 Å². The molecule has 100 valence electrons. The summed E-state index contributed by atoms with van der Waals surface area (Å²) in [5.41, 5.74) is 9.00. The molecule has 0 saturated carbocycles. The van der Waals surface area contributed by atoms with E-state index in [0.29, 0.717) is 0 Å². The highest BCUT2D eigenvalue weighted by Gasteiger charge is 2.14. The van der Waals surface area contributed by atoms with Crippen LogP contribution in [0.1, 0.15) is 24.1 Å². The number of rotatable bonds is 5. The van der Waals surface area contributed by atoms with Crippen LogP contribution in [0.4, 0.5) is 5.69 Å². The number of nitrogens with zero attached hydrogens (tertiary/aromatic N) is 1. The van der Waals surface area contributed by atoms with Crippen LogP contribution in [0, 0.1) is 0 Å². The maximum atomic E-state index is 6.03. The lowest BCUT2D eigenvalue weighted by atomic mass is 9.99. The number of pyridine rings is 1. The van der Waals surface area contributed by atoms with Crippen LogP contribution in [0.5, 0.6) is 0 Å². The molecule has 0 aliphatic carbocycles. The van der Waals surface area contributed by atoms with Gasteiger partial charge in [-0.2, -0.15) is 0 Å². The van der Waals surface area contributed by atoms with Gasteiger partial charge in [0.1, 0.15) is 0 Å². The molecule has 1 aromatic heterocycles. The molecule has 0 aliphatic rings. The first-order valence-corrected chi connectivity index (χ1v) is 7.34. The van der Waals surface area contributed by atoms with E-state index >= 15 is 0 Å². The van der Waals surface area contributed by atoms with Crippen LogP contribution in [-0.2, 0) is 0 Å². The molecule has 0 radical (unpaired) electrons. The zero-order valence-electron chi connectivity index (χ0n) is 11.3. The molecule has 2 aromatic rings.